The molecular formula is C8H17IN2. The molecule has 0 saturated carbocycles. The van der Waals surface area contributed by atoms with Crippen LogP contribution < -0.4 is 0 Å². The number of imidazole rings is 1. The fourth-order valence-corrected chi connectivity index (χ4v) is 2.21. The van der Waals surface area contributed by atoms with E-state index in [0.717, 1.165) is 5.82 Å². The molecule has 1 aromatic heterocycles. The van der Waals surface area contributed by atoms with Gasteiger partial charge in [-0.15, -0.1) is 0 Å². The molecule has 0 saturated heterocycles. The zero-order valence-corrected chi connectivity index (χ0v) is 10.1. The average molecular weight is 268 g/mol. The Labute approximate surface area is 76.2 Å². The van der Waals surface area contributed by atoms with Crippen molar-refractivity contribution in [3.8, 4) is 0 Å². The molecule has 3 heteroatoms. The van der Waals surface area contributed by atoms with Crippen molar-refractivity contribution >= 4 is 19.8 Å². The van der Waals surface area contributed by atoms with E-state index in [1.54, 1.807) is 0 Å². The molecule has 0 radical (unpaired) electrons. The van der Waals surface area contributed by atoms with Crippen LogP contribution in [0.2, 0.25) is 0 Å². The predicted octanol–water partition coefficient (Wildman–Crippen LogP) is 2.68. The maximum absolute atomic E-state index is 4.12. The summed E-state index contributed by atoms with van der Waals surface area (Å²) < 4.78 is 1.37. The van der Waals surface area contributed by atoms with Crippen LogP contribution in [-0.4, -0.2) is 19.8 Å². The van der Waals surface area contributed by atoms with Gasteiger partial charge in [0.15, 0.2) is 0 Å². The number of nitrogens with zero attached hydrogens (tertiary/aromatic N) is 1. The Balaban J connectivity index is 0.000000461. The van der Waals surface area contributed by atoms with Crippen LogP contribution in [-0.2, 0) is 0 Å². The second-order valence-electron chi connectivity index (χ2n) is 2.07. The van der Waals surface area contributed by atoms with Crippen LogP contribution in [0.3, 0.4) is 0 Å². The number of aromatic amines is 1. The third kappa shape index (κ3) is 3.74. The summed E-state index contributed by atoms with van der Waals surface area (Å²) >= 11 is -0.778. The van der Waals surface area contributed by atoms with Crippen molar-refractivity contribution in [1.29, 1.82) is 0 Å². The van der Waals surface area contributed by atoms with Crippen molar-refractivity contribution in [3.63, 3.8) is 0 Å². The first-order valence-corrected chi connectivity index (χ1v) is 9.11. The number of alkyl halides is 2. The first kappa shape index (κ1) is 10.9. The van der Waals surface area contributed by atoms with Gasteiger partial charge in [-0.2, -0.15) is 0 Å². The van der Waals surface area contributed by atoms with Gasteiger partial charge >= 0.3 is 62.3 Å². The molecule has 0 fully saturated rings. The van der Waals surface area contributed by atoms with Crippen molar-refractivity contribution in [2.75, 3.05) is 9.86 Å². The van der Waals surface area contributed by atoms with Crippen LogP contribution in [0.4, 0.5) is 0 Å². The van der Waals surface area contributed by atoms with E-state index >= 15 is 0 Å². The van der Waals surface area contributed by atoms with Crippen molar-refractivity contribution < 1.29 is 0 Å². The van der Waals surface area contributed by atoms with Gasteiger partial charge in [-0.3, -0.25) is 0 Å². The van der Waals surface area contributed by atoms with Crippen molar-refractivity contribution in [2.24, 2.45) is 0 Å². The fourth-order valence-electron chi connectivity index (χ4n) is 0.583. The molecule has 0 bridgehead atoms. The minimum atomic E-state index is -0.778. The van der Waals surface area contributed by atoms with Crippen molar-refractivity contribution in [1.82, 2.24) is 9.97 Å². The first-order valence-electron chi connectivity index (χ1n) is 3.72. The number of aromatic nitrogens is 2. The summed E-state index contributed by atoms with van der Waals surface area (Å²) in [6, 6.07) is 0. The van der Waals surface area contributed by atoms with E-state index in [0.29, 0.717) is 0 Å². The van der Waals surface area contributed by atoms with Gasteiger partial charge in [-0.25, -0.2) is 0 Å². The van der Waals surface area contributed by atoms with E-state index in [2.05, 4.69) is 19.8 Å². The molecule has 1 aromatic rings. The number of hydrogen-bond donors (Lipinski definition) is 1. The van der Waals surface area contributed by atoms with Gasteiger partial charge in [-0.05, 0) is 0 Å². The van der Waals surface area contributed by atoms with Crippen LogP contribution in [0, 0.1) is 10.6 Å². The first-order chi connectivity index (χ1) is 5.20. The fraction of sp³-hybridized carbons (Fsp3) is 0.625. The number of rotatable bonds is 1. The normalized spacial score (nSPS) is 10.1. The molecule has 2 nitrogen and oxygen atoms in total. The van der Waals surface area contributed by atoms with Gasteiger partial charge < -0.3 is 0 Å². The molecule has 0 spiro atoms. The summed E-state index contributed by atoms with van der Waals surface area (Å²) in [6.45, 7) is 5.99. The molecule has 1 rings (SSSR count). The zero-order chi connectivity index (χ0) is 8.85. The van der Waals surface area contributed by atoms with Crippen molar-refractivity contribution in [3.05, 3.63) is 15.7 Å². The van der Waals surface area contributed by atoms with E-state index in [-0.39, 0.29) is 0 Å². The molecule has 11 heavy (non-hydrogen) atoms. The second kappa shape index (κ2) is 5.57. The van der Waals surface area contributed by atoms with Crippen LogP contribution >= 0.6 is 19.8 Å². The number of aryl methyl sites for hydroxylation is 1. The number of H-pyrrole nitrogens is 1. The van der Waals surface area contributed by atoms with Crippen LogP contribution in [0.15, 0.2) is 6.20 Å². The van der Waals surface area contributed by atoms with E-state index in [9.17, 15) is 0 Å². The molecule has 1 N–H and O–H groups in total. The Kier molecular flexibility index (Phi) is 5.54. The molecule has 66 valence electrons. The predicted molar refractivity (Wildman–Crippen MR) is 59.2 cm³/mol. The van der Waals surface area contributed by atoms with Gasteiger partial charge in [-0.1, -0.05) is 13.8 Å². The molecule has 0 aliphatic rings. The summed E-state index contributed by atoms with van der Waals surface area (Å²) in [4.78, 5) is 12.0. The van der Waals surface area contributed by atoms with Crippen LogP contribution in [0.1, 0.15) is 19.7 Å². The quantitative estimate of drug-likeness (QED) is 0.615. The Hall–Kier alpha value is -0.0600. The van der Waals surface area contributed by atoms with E-state index in [4.69, 9.17) is 0 Å². The van der Waals surface area contributed by atoms with E-state index in [1.807, 2.05) is 27.0 Å². The van der Waals surface area contributed by atoms with Gasteiger partial charge in [0.1, 0.15) is 0 Å². The topological polar surface area (TPSA) is 28.7 Å². The van der Waals surface area contributed by atoms with Crippen molar-refractivity contribution in [2.45, 2.75) is 20.8 Å². The summed E-state index contributed by atoms with van der Waals surface area (Å²) in [5.74, 6) is 1.04. The minimum absolute atomic E-state index is 0.778. The summed E-state index contributed by atoms with van der Waals surface area (Å²) in [6.07, 6.45) is 1.96. The summed E-state index contributed by atoms with van der Waals surface area (Å²) in [5.41, 5.74) is 0. The SMILES string of the molecule is CC.Cc1ncc(I(C)C)[nH]1. The van der Waals surface area contributed by atoms with Gasteiger partial charge in [0.25, 0.3) is 0 Å². The third-order valence-corrected chi connectivity index (χ3v) is 3.95. The van der Waals surface area contributed by atoms with Crippen LogP contribution in [0.25, 0.3) is 0 Å². The number of halogens is 1. The Morgan fingerprint density at radius 1 is 1.36 bits per heavy atom. The molecule has 0 amide bonds. The second-order valence-corrected chi connectivity index (χ2v) is 7.55. The molecule has 0 unspecified atom stereocenters. The summed E-state index contributed by atoms with van der Waals surface area (Å²) in [5, 5.41) is 0. The van der Waals surface area contributed by atoms with Crippen LogP contribution in [0.5, 0.6) is 0 Å². The monoisotopic (exact) mass is 268 g/mol. The molecule has 0 aromatic carbocycles. The van der Waals surface area contributed by atoms with Gasteiger partial charge in [0, 0.05) is 0 Å². The average Bonchev–Trinajstić information content (AvgIpc) is 2.40. The standard InChI is InChI=1S/C6H11IN2.C2H6/c1-5-8-4-6(9-5)7(2)3;1-2/h4H,1-3H3,(H,8,9);1-2H3. The van der Waals surface area contributed by atoms with E-state index in [1.165, 1.54) is 3.70 Å². The molecule has 0 aliphatic carbocycles. The third-order valence-electron chi connectivity index (χ3n) is 1.08. The zero-order valence-electron chi connectivity index (χ0n) is 7.90. The van der Waals surface area contributed by atoms with Gasteiger partial charge in [0.2, 0.25) is 0 Å². The maximum atomic E-state index is 4.12. The Morgan fingerprint density at radius 3 is 2.09 bits per heavy atom. The number of nitrogens with one attached hydrogen (secondary N) is 1. The molecule has 0 aliphatic heterocycles. The Bertz CT molecular complexity index is 194. The molecule has 0 atom stereocenters. The number of hydrogen-bond acceptors (Lipinski definition) is 1. The van der Waals surface area contributed by atoms with E-state index < -0.39 is 19.8 Å². The molecule has 1 heterocycles. The Morgan fingerprint density at radius 2 is 1.91 bits per heavy atom. The van der Waals surface area contributed by atoms with Gasteiger partial charge in [0.05, 0.1) is 0 Å². The molecular weight excluding hydrogens is 251 g/mol. The summed E-state index contributed by atoms with van der Waals surface area (Å²) in [7, 11) is 0.